The Bertz CT molecular complexity index is 1060. The SMILES string of the molecule is Cc1nn2c(c1-c1ccc(S(C)(=O)=O)cc1F)N=CC(C)C2OC1CCNCC1. The minimum atomic E-state index is -3.49. The van der Waals surface area contributed by atoms with Crippen LogP contribution < -0.4 is 5.32 Å². The van der Waals surface area contributed by atoms with Gasteiger partial charge in [0.2, 0.25) is 0 Å². The van der Waals surface area contributed by atoms with Gasteiger partial charge in [0.15, 0.2) is 21.9 Å². The summed E-state index contributed by atoms with van der Waals surface area (Å²) < 4.78 is 46.4. The number of aryl methyl sites for hydroxylation is 1. The fourth-order valence-corrected chi connectivity index (χ4v) is 4.51. The van der Waals surface area contributed by atoms with Crippen LogP contribution in [0.25, 0.3) is 11.1 Å². The highest BCUT2D eigenvalue weighted by Gasteiger charge is 2.32. The standard InChI is InChI=1S/C20H25FN4O3S/c1-12-11-23-19-18(16-5-4-15(10-17(16)21)29(3,26)27)13(2)24-25(19)20(12)28-14-6-8-22-9-7-14/h4-5,10-12,14,20,22H,6-9H2,1-3H3. The van der Waals surface area contributed by atoms with E-state index in [-0.39, 0.29) is 28.7 Å². The molecule has 2 aliphatic rings. The zero-order valence-electron chi connectivity index (χ0n) is 16.7. The fraction of sp³-hybridized carbons (Fsp3) is 0.500. The average Bonchev–Trinajstić information content (AvgIpc) is 3.00. The van der Waals surface area contributed by atoms with E-state index in [1.807, 2.05) is 13.1 Å². The van der Waals surface area contributed by atoms with E-state index in [9.17, 15) is 12.8 Å². The number of nitrogens with zero attached hydrogens (tertiary/aromatic N) is 3. The van der Waals surface area contributed by atoms with E-state index in [4.69, 9.17) is 4.74 Å². The molecule has 1 aromatic carbocycles. The topological polar surface area (TPSA) is 85.6 Å². The smallest absolute Gasteiger partial charge is 0.175 e. The molecular weight excluding hydrogens is 395 g/mol. The Balaban J connectivity index is 1.73. The molecule has 3 heterocycles. The molecule has 4 rings (SSSR count). The molecule has 1 N–H and O–H groups in total. The number of hydrogen-bond acceptors (Lipinski definition) is 6. The Morgan fingerprint density at radius 2 is 2.00 bits per heavy atom. The van der Waals surface area contributed by atoms with Crippen molar-refractivity contribution in [3.05, 3.63) is 29.7 Å². The third-order valence-electron chi connectivity index (χ3n) is 5.44. The van der Waals surface area contributed by atoms with Gasteiger partial charge in [0.1, 0.15) is 5.82 Å². The minimum Gasteiger partial charge on any atom is -0.352 e. The summed E-state index contributed by atoms with van der Waals surface area (Å²) >= 11 is 0. The Morgan fingerprint density at radius 1 is 1.28 bits per heavy atom. The lowest BCUT2D eigenvalue weighted by Crippen LogP contribution is -2.36. The van der Waals surface area contributed by atoms with E-state index in [0.29, 0.717) is 17.1 Å². The first kappa shape index (κ1) is 20.2. The molecule has 2 atom stereocenters. The second-order valence-corrected chi connectivity index (χ2v) is 9.77. The predicted octanol–water partition coefficient (Wildman–Crippen LogP) is 3.02. The molecule has 1 saturated heterocycles. The van der Waals surface area contributed by atoms with Crippen LogP contribution >= 0.6 is 0 Å². The van der Waals surface area contributed by atoms with Crippen molar-refractivity contribution < 1.29 is 17.5 Å². The van der Waals surface area contributed by atoms with Crippen molar-refractivity contribution in [1.29, 1.82) is 0 Å². The van der Waals surface area contributed by atoms with Gasteiger partial charge in [-0.25, -0.2) is 22.5 Å². The first-order valence-electron chi connectivity index (χ1n) is 9.75. The first-order valence-corrected chi connectivity index (χ1v) is 11.6. The number of sulfone groups is 1. The molecule has 0 aliphatic carbocycles. The molecule has 0 radical (unpaired) electrons. The second kappa shape index (κ2) is 7.62. The number of fused-ring (bicyclic) bond motifs is 1. The van der Waals surface area contributed by atoms with E-state index in [1.165, 1.54) is 12.1 Å². The first-order chi connectivity index (χ1) is 13.8. The highest BCUT2D eigenvalue weighted by Crippen LogP contribution is 2.41. The molecule has 0 saturated carbocycles. The van der Waals surface area contributed by atoms with Crippen molar-refractivity contribution in [2.75, 3.05) is 19.3 Å². The van der Waals surface area contributed by atoms with Gasteiger partial charge in [-0.15, -0.1) is 0 Å². The van der Waals surface area contributed by atoms with E-state index in [2.05, 4.69) is 15.4 Å². The van der Waals surface area contributed by atoms with Gasteiger partial charge < -0.3 is 10.1 Å². The maximum absolute atomic E-state index is 14.8. The van der Waals surface area contributed by atoms with Crippen LogP contribution in [0.2, 0.25) is 0 Å². The van der Waals surface area contributed by atoms with Crippen LogP contribution in [0, 0.1) is 18.7 Å². The number of hydrogen-bond donors (Lipinski definition) is 1. The zero-order chi connectivity index (χ0) is 20.8. The van der Waals surface area contributed by atoms with Crippen molar-refractivity contribution in [2.24, 2.45) is 10.9 Å². The molecule has 0 bridgehead atoms. The molecule has 1 fully saturated rings. The number of aromatic nitrogens is 2. The molecule has 29 heavy (non-hydrogen) atoms. The summed E-state index contributed by atoms with van der Waals surface area (Å²) in [4.78, 5) is 4.47. The fourth-order valence-electron chi connectivity index (χ4n) is 3.88. The summed E-state index contributed by atoms with van der Waals surface area (Å²) in [5, 5.41) is 7.94. The van der Waals surface area contributed by atoms with Crippen molar-refractivity contribution in [3.8, 4) is 11.1 Å². The van der Waals surface area contributed by atoms with E-state index in [1.54, 1.807) is 11.6 Å². The summed E-state index contributed by atoms with van der Waals surface area (Å²) in [6.45, 7) is 5.67. The van der Waals surface area contributed by atoms with Gasteiger partial charge in [-0.3, -0.25) is 0 Å². The number of aliphatic imine (C=N–C) groups is 1. The minimum absolute atomic E-state index is 0.0296. The van der Waals surface area contributed by atoms with Crippen LogP contribution in [0.3, 0.4) is 0 Å². The Kier molecular flexibility index (Phi) is 5.30. The molecular formula is C20H25FN4O3S. The highest BCUT2D eigenvalue weighted by molar-refractivity contribution is 7.90. The third kappa shape index (κ3) is 3.86. The maximum atomic E-state index is 14.8. The molecule has 0 amide bonds. The number of ether oxygens (including phenoxy) is 1. The van der Waals surface area contributed by atoms with Gasteiger partial charge in [0.05, 0.1) is 22.3 Å². The van der Waals surface area contributed by atoms with Gasteiger partial charge in [0, 0.05) is 24.0 Å². The van der Waals surface area contributed by atoms with Crippen LogP contribution in [0.5, 0.6) is 0 Å². The van der Waals surface area contributed by atoms with Gasteiger partial charge in [0.25, 0.3) is 0 Å². The quantitative estimate of drug-likeness (QED) is 0.822. The summed E-state index contributed by atoms with van der Waals surface area (Å²) in [7, 11) is -3.49. The number of halogens is 1. The summed E-state index contributed by atoms with van der Waals surface area (Å²) in [6.07, 6.45) is 4.57. The number of rotatable bonds is 4. The molecule has 7 nitrogen and oxygen atoms in total. The molecule has 9 heteroatoms. The summed E-state index contributed by atoms with van der Waals surface area (Å²) in [6, 6.07) is 3.94. The largest absolute Gasteiger partial charge is 0.352 e. The highest BCUT2D eigenvalue weighted by atomic mass is 32.2. The van der Waals surface area contributed by atoms with E-state index in [0.717, 1.165) is 38.3 Å². The third-order valence-corrected chi connectivity index (χ3v) is 6.55. The molecule has 2 aromatic rings. The molecule has 156 valence electrons. The van der Waals surface area contributed by atoms with E-state index < -0.39 is 15.7 Å². The van der Waals surface area contributed by atoms with Gasteiger partial charge in [-0.05, 0) is 51.1 Å². The predicted molar refractivity (Wildman–Crippen MR) is 109 cm³/mol. The number of benzene rings is 1. The van der Waals surface area contributed by atoms with Crippen molar-refractivity contribution in [2.45, 2.75) is 43.9 Å². The molecule has 2 aliphatic heterocycles. The van der Waals surface area contributed by atoms with Crippen LogP contribution in [-0.2, 0) is 14.6 Å². The Labute approximate surface area is 169 Å². The van der Waals surface area contributed by atoms with Gasteiger partial charge in [-0.1, -0.05) is 6.92 Å². The van der Waals surface area contributed by atoms with Crippen LogP contribution in [0.1, 0.15) is 31.7 Å². The zero-order valence-corrected chi connectivity index (χ0v) is 17.5. The Morgan fingerprint density at radius 3 is 2.66 bits per heavy atom. The van der Waals surface area contributed by atoms with Crippen LogP contribution in [0.4, 0.5) is 10.2 Å². The lowest BCUT2D eigenvalue weighted by Gasteiger charge is -2.32. The van der Waals surface area contributed by atoms with Crippen LogP contribution in [0.15, 0.2) is 28.1 Å². The van der Waals surface area contributed by atoms with Crippen LogP contribution in [-0.4, -0.2) is 49.9 Å². The maximum Gasteiger partial charge on any atom is 0.175 e. The normalized spacial score (nSPS) is 22.6. The molecule has 0 spiro atoms. The van der Waals surface area contributed by atoms with Crippen molar-refractivity contribution in [1.82, 2.24) is 15.1 Å². The van der Waals surface area contributed by atoms with Crippen molar-refractivity contribution >= 4 is 21.9 Å². The summed E-state index contributed by atoms with van der Waals surface area (Å²) in [5.41, 5.74) is 1.46. The van der Waals surface area contributed by atoms with Crippen molar-refractivity contribution in [3.63, 3.8) is 0 Å². The van der Waals surface area contributed by atoms with Gasteiger partial charge in [-0.2, -0.15) is 5.10 Å². The monoisotopic (exact) mass is 420 g/mol. The van der Waals surface area contributed by atoms with E-state index >= 15 is 0 Å². The number of nitrogens with one attached hydrogen (secondary N) is 1. The average molecular weight is 421 g/mol. The second-order valence-electron chi connectivity index (χ2n) is 7.76. The Hall–Kier alpha value is -2.10. The molecule has 1 aromatic heterocycles. The summed E-state index contributed by atoms with van der Waals surface area (Å²) in [5.74, 6) is -0.0518. The lowest BCUT2D eigenvalue weighted by molar-refractivity contribution is -0.0851. The van der Waals surface area contributed by atoms with Gasteiger partial charge >= 0.3 is 0 Å². The lowest BCUT2D eigenvalue weighted by atomic mass is 10.0. The molecule has 2 unspecified atom stereocenters. The number of piperidine rings is 1.